The molecule has 0 aromatic carbocycles. The minimum absolute atomic E-state index is 0.0116. The number of nitrogens with one attached hydrogen (secondary N) is 1. The van der Waals surface area contributed by atoms with Gasteiger partial charge in [0.1, 0.15) is 0 Å². The number of carbonyl (C=O) groups is 1. The number of rotatable bonds is 6. The summed E-state index contributed by atoms with van der Waals surface area (Å²) in [5.74, 6) is -0.346. The number of anilines is 1. The number of hydrogen-bond donors (Lipinski definition) is 2. The van der Waals surface area contributed by atoms with Crippen LogP contribution in [0.4, 0.5) is 5.82 Å². The van der Waals surface area contributed by atoms with E-state index in [1.54, 1.807) is 0 Å². The molecular weight excluding hydrogens is 222 g/mol. The van der Waals surface area contributed by atoms with Gasteiger partial charge in [-0.15, -0.1) is 0 Å². The summed E-state index contributed by atoms with van der Waals surface area (Å²) in [4.78, 5) is 13.9. The molecule has 7 heteroatoms. The molecule has 0 radical (unpaired) electrons. The number of likely N-dealkylation sites (N-methyl/N-ethyl adjacent to an activating group) is 1. The lowest BCUT2D eigenvalue weighted by atomic mass is 10.3. The third-order valence-corrected chi connectivity index (χ3v) is 2.53. The van der Waals surface area contributed by atoms with Crippen molar-refractivity contribution in [3.8, 4) is 0 Å². The molecule has 1 amide bonds. The van der Waals surface area contributed by atoms with E-state index in [9.17, 15) is 4.79 Å². The Kier molecular flexibility index (Phi) is 4.89. The molecular formula is C10H19N5O2. The van der Waals surface area contributed by atoms with Crippen LogP contribution in [0, 0.1) is 0 Å². The average Bonchev–Trinajstić information content (AvgIpc) is 2.72. The maximum Gasteiger partial charge on any atom is 0.277 e. The second-order valence-electron chi connectivity index (χ2n) is 3.86. The lowest BCUT2D eigenvalue weighted by Crippen LogP contribution is -2.42. The maximum absolute atomic E-state index is 11.7. The van der Waals surface area contributed by atoms with Crippen LogP contribution in [0.15, 0.2) is 4.63 Å². The second-order valence-corrected chi connectivity index (χ2v) is 3.86. The SMILES string of the molecule is CCN(CC)CC(C)NC(=O)c1nonc1N. The molecule has 0 aliphatic rings. The number of carbonyl (C=O) groups excluding carboxylic acids is 1. The molecule has 1 rings (SSSR count). The largest absolute Gasteiger partial charge is 0.379 e. The van der Waals surface area contributed by atoms with Crippen LogP contribution in [0.25, 0.3) is 0 Å². The number of nitrogen functional groups attached to an aromatic ring is 1. The standard InChI is InChI=1S/C10H19N5O2/c1-4-15(5-2)6-7(3)12-10(16)8-9(11)14-17-13-8/h7H,4-6H2,1-3H3,(H2,11,14)(H,12,16). The Balaban J connectivity index is 2.49. The number of aromatic nitrogens is 2. The van der Waals surface area contributed by atoms with Gasteiger partial charge >= 0.3 is 0 Å². The normalized spacial score (nSPS) is 12.7. The molecule has 0 fully saturated rings. The summed E-state index contributed by atoms with van der Waals surface area (Å²) in [5.41, 5.74) is 5.47. The summed E-state index contributed by atoms with van der Waals surface area (Å²) < 4.78 is 4.38. The Morgan fingerprint density at radius 1 is 1.47 bits per heavy atom. The highest BCUT2D eigenvalue weighted by Gasteiger charge is 2.18. The smallest absolute Gasteiger partial charge is 0.277 e. The zero-order valence-electron chi connectivity index (χ0n) is 10.4. The second kappa shape index (κ2) is 6.19. The lowest BCUT2D eigenvalue weighted by Gasteiger charge is -2.22. The third kappa shape index (κ3) is 3.70. The minimum atomic E-state index is -0.358. The summed E-state index contributed by atoms with van der Waals surface area (Å²) in [6.07, 6.45) is 0. The zero-order chi connectivity index (χ0) is 12.8. The van der Waals surface area contributed by atoms with E-state index in [4.69, 9.17) is 5.73 Å². The highest BCUT2D eigenvalue weighted by molar-refractivity contribution is 5.96. The molecule has 1 aromatic heterocycles. The summed E-state index contributed by atoms with van der Waals surface area (Å²) >= 11 is 0. The van der Waals surface area contributed by atoms with E-state index in [2.05, 4.69) is 39.0 Å². The Bertz CT molecular complexity index is 361. The van der Waals surface area contributed by atoms with Crippen LogP contribution in [0.5, 0.6) is 0 Å². The topological polar surface area (TPSA) is 97.3 Å². The van der Waals surface area contributed by atoms with Crippen LogP contribution in [-0.2, 0) is 0 Å². The van der Waals surface area contributed by atoms with Gasteiger partial charge in [-0.05, 0) is 30.3 Å². The highest BCUT2D eigenvalue weighted by atomic mass is 16.6. The van der Waals surface area contributed by atoms with Gasteiger partial charge in [0.15, 0.2) is 0 Å². The summed E-state index contributed by atoms with van der Waals surface area (Å²) in [6, 6.07) is 0.0125. The number of nitrogens with two attached hydrogens (primary N) is 1. The molecule has 3 N–H and O–H groups in total. The van der Waals surface area contributed by atoms with Crippen LogP contribution in [-0.4, -0.2) is 46.8 Å². The van der Waals surface area contributed by atoms with Gasteiger partial charge in [0, 0.05) is 12.6 Å². The summed E-state index contributed by atoms with van der Waals surface area (Å²) in [7, 11) is 0. The van der Waals surface area contributed by atoms with Crippen molar-refractivity contribution in [2.24, 2.45) is 0 Å². The van der Waals surface area contributed by atoms with E-state index < -0.39 is 0 Å². The van der Waals surface area contributed by atoms with Crippen LogP contribution in [0.1, 0.15) is 31.3 Å². The number of hydrogen-bond acceptors (Lipinski definition) is 6. The quantitative estimate of drug-likeness (QED) is 0.733. The molecule has 17 heavy (non-hydrogen) atoms. The molecule has 1 heterocycles. The van der Waals surface area contributed by atoms with E-state index in [0.29, 0.717) is 0 Å². The van der Waals surface area contributed by atoms with Crippen molar-refractivity contribution < 1.29 is 9.42 Å². The van der Waals surface area contributed by atoms with Gasteiger partial charge < -0.3 is 16.0 Å². The molecule has 1 aromatic rings. The average molecular weight is 241 g/mol. The van der Waals surface area contributed by atoms with Gasteiger partial charge in [0.25, 0.3) is 5.91 Å². The molecule has 1 atom stereocenters. The van der Waals surface area contributed by atoms with E-state index in [1.807, 2.05) is 6.92 Å². The van der Waals surface area contributed by atoms with Gasteiger partial charge in [0.05, 0.1) is 0 Å². The molecule has 0 aliphatic heterocycles. The van der Waals surface area contributed by atoms with Crippen molar-refractivity contribution in [1.29, 1.82) is 0 Å². The molecule has 0 aliphatic carbocycles. The molecule has 0 bridgehead atoms. The predicted molar refractivity (Wildman–Crippen MR) is 63.4 cm³/mol. The molecule has 0 saturated heterocycles. The van der Waals surface area contributed by atoms with Crippen molar-refractivity contribution in [3.05, 3.63) is 5.69 Å². The first-order valence-corrected chi connectivity index (χ1v) is 5.69. The Labute approximate surface area is 100 Å². The number of amides is 1. The Morgan fingerprint density at radius 3 is 2.59 bits per heavy atom. The van der Waals surface area contributed by atoms with Gasteiger partial charge in [-0.2, -0.15) is 0 Å². The molecule has 7 nitrogen and oxygen atoms in total. The Hall–Kier alpha value is -1.63. The highest BCUT2D eigenvalue weighted by Crippen LogP contribution is 2.04. The lowest BCUT2D eigenvalue weighted by molar-refractivity contribution is 0.0921. The van der Waals surface area contributed by atoms with Crippen molar-refractivity contribution in [2.45, 2.75) is 26.8 Å². The van der Waals surface area contributed by atoms with Crippen molar-refractivity contribution >= 4 is 11.7 Å². The maximum atomic E-state index is 11.7. The van der Waals surface area contributed by atoms with Gasteiger partial charge in [-0.25, -0.2) is 4.63 Å². The van der Waals surface area contributed by atoms with Crippen LogP contribution in [0.3, 0.4) is 0 Å². The monoisotopic (exact) mass is 241 g/mol. The van der Waals surface area contributed by atoms with Gasteiger partial charge in [-0.3, -0.25) is 4.79 Å². The zero-order valence-corrected chi connectivity index (χ0v) is 10.4. The van der Waals surface area contributed by atoms with E-state index in [-0.39, 0.29) is 23.5 Å². The van der Waals surface area contributed by atoms with E-state index >= 15 is 0 Å². The van der Waals surface area contributed by atoms with E-state index in [1.165, 1.54) is 0 Å². The van der Waals surface area contributed by atoms with Crippen molar-refractivity contribution in [2.75, 3.05) is 25.4 Å². The third-order valence-electron chi connectivity index (χ3n) is 2.53. The minimum Gasteiger partial charge on any atom is -0.379 e. The first-order chi connectivity index (χ1) is 8.08. The van der Waals surface area contributed by atoms with Crippen LogP contribution < -0.4 is 11.1 Å². The molecule has 1 unspecified atom stereocenters. The molecule has 0 spiro atoms. The van der Waals surface area contributed by atoms with Crippen molar-refractivity contribution in [3.63, 3.8) is 0 Å². The van der Waals surface area contributed by atoms with E-state index in [0.717, 1.165) is 19.6 Å². The van der Waals surface area contributed by atoms with Gasteiger partial charge in [-0.1, -0.05) is 13.8 Å². The van der Waals surface area contributed by atoms with Crippen molar-refractivity contribution in [1.82, 2.24) is 20.5 Å². The fraction of sp³-hybridized carbons (Fsp3) is 0.700. The van der Waals surface area contributed by atoms with Gasteiger partial charge in [0.2, 0.25) is 11.5 Å². The Morgan fingerprint density at radius 2 is 2.12 bits per heavy atom. The van der Waals surface area contributed by atoms with Crippen LogP contribution in [0.2, 0.25) is 0 Å². The molecule has 96 valence electrons. The first-order valence-electron chi connectivity index (χ1n) is 5.69. The molecule has 0 saturated carbocycles. The first kappa shape index (κ1) is 13.4. The van der Waals surface area contributed by atoms with Crippen LogP contribution >= 0.6 is 0 Å². The fourth-order valence-electron chi connectivity index (χ4n) is 1.56. The predicted octanol–water partition coefficient (Wildman–Crippen LogP) is 0.112. The summed E-state index contributed by atoms with van der Waals surface area (Å²) in [6.45, 7) is 8.77. The number of nitrogens with zero attached hydrogens (tertiary/aromatic N) is 3. The fourth-order valence-corrected chi connectivity index (χ4v) is 1.56. The summed E-state index contributed by atoms with van der Waals surface area (Å²) in [5, 5.41) is 9.61.